The van der Waals surface area contributed by atoms with Gasteiger partial charge in [0.15, 0.2) is 6.10 Å². The average molecular weight is 404 g/mol. The molecule has 0 saturated carbocycles. The highest BCUT2D eigenvalue weighted by Gasteiger charge is 2.17. The van der Waals surface area contributed by atoms with Crippen molar-refractivity contribution in [2.45, 2.75) is 47.3 Å². The average Bonchev–Trinajstić information content (AvgIpc) is 2.87. The number of anilines is 1. The van der Waals surface area contributed by atoms with Crippen molar-refractivity contribution in [3.05, 3.63) is 52.3 Å². The third kappa shape index (κ3) is 5.96. The number of rotatable bonds is 7. The van der Waals surface area contributed by atoms with Crippen molar-refractivity contribution in [1.82, 2.24) is 9.78 Å². The first kappa shape index (κ1) is 21.7. The Morgan fingerprint density at radius 2 is 1.86 bits per heavy atom. The normalized spacial score (nSPS) is 12.4. The first-order chi connectivity index (χ1) is 13.2. The van der Waals surface area contributed by atoms with Crippen LogP contribution in [-0.2, 0) is 20.9 Å². The maximum Gasteiger partial charge on any atom is 0.331 e. The van der Waals surface area contributed by atoms with Crippen molar-refractivity contribution in [3.63, 3.8) is 0 Å². The number of nitrogens with one attached hydrogen (secondary N) is 1. The number of nitrogens with zero attached hydrogens (tertiary/aromatic N) is 2. The minimum atomic E-state index is -0.932. The summed E-state index contributed by atoms with van der Waals surface area (Å²) < 4.78 is 6.89. The molecule has 6 nitrogen and oxygen atoms in total. The Kier molecular flexibility index (Phi) is 7.40. The molecule has 2 rings (SSSR count). The van der Waals surface area contributed by atoms with Gasteiger partial charge in [0.25, 0.3) is 5.91 Å². The number of carbonyl (C=O) groups is 2. The minimum absolute atomic E-state index is 0.395. The van der Waals surface area contributed by atoms with E-state index in [9.17, 15) is 9.59 Å². The molecule has 0 saturated heterocycles. The second-order valence-corrected chi connectivity index (χ2v) is 7.49. The number of ether oxygens (including phenoxy) is 1. The van der Waals surface area contributed by atoms with E-state index in [1.165, 1.54) is 13.0 Å². The molecule has 1 N–H and O–H groups in total. The van der Waals surface area contributed by atoms with Crippen molar-refractivity contribution >= 4 is 35.2 Å². The summed E-state index contributed by atoms with van der Waals surface area (Å²) in [5.74, 6) is -0.630. The lowest BCUT2D eigenvalue weighted by Crippen LogP contribution is -2.29. The van der Waals surface area contributed by atoms with E-state index in [1.807, 2.05) is 26.0 Å². The number of hydrogen-bond acceptors (Lipinski definition) is 4. The van der Waals surface area contributed by atoms with Crippen LogP contribution < -0.4 is 5.32 Å². The lowest BCUT2D eigenvalue weighted by molar-refractivity contribution is -0.148. The molecule has 150 valence electrons. The van der Waals surface area contributed by atoms with Gasteiger partial charge in [0.1, 0.15) is 5.15 Å². The summed E-state index contributed by atoms with van der Waals surface area (Å²) in [6.07, 6.45) is 1.89. The number of carbonyl (C=O) groups excluding carboxylic acids is 2. The Morgan fingerprint density at radius 3 is 2.46 bits per heavy atom. The third-order valence-corrected chi connectivity index (χ3v) is 4.41. The van der Waals surface area contributed by atoms with Crippen LogP contribution in [-0.4, -0.2) is 27.8 Å². The Morgan fingerprint density at radius 1 is 1.21 bits per heavy atom. The smallest absolute Gasteiger partial charge is 0.331 e. The highest BCUT2D eigenvalue weighted by molar-refractivity contribution is 6.31. The fourth-order valence-electron chi connectivity index (χ4n) is 2.52. The van der Waals surface area contributed by atoms with Crippen molar-refractivity contribution in [1.29, 1.82) is 0 Å². The quantitative estimate of drug-likeness (QED) is 0.549. The molecule has 0 unspecified atom stereocenters. The zero-order chi connectivity index (χ0) is 20.8. The highest BCUT2D eigenvalue weighted by atomic mass is 35.5. The van der Waals surface area contributed by atoms with E-state index in [1.54, 1.807) is 22.9 Å². The van der Waals surface area contributed by atoms with Gasteiger partial charge in [-0.1, -0.05) is 43.1 Å². The van der Waals surface area contributed by atoms with Gasteiger partial charge in [-0.3, -0.25) is 9.48 Å². The van der Waals surface area contributed by atoms with Crippen LogP contribution in [0.1, 0.15) is 37.6 Å². The Bertz CT molecular complexity index is 870. The molecule has 7 heteroatoms. The molecule has 2 aromatic rings. The molecule has 1 atom stereocenters. The molecule has 0 aliphatic rings. The largest absolute Gasteiger partial charge is 0.449 e. The number of hydrogen-bond donors (Lipinski definition) is 1. The van der Waals surface area contributed by atoms with E-state index in [-0.39, 0.29) is 0 Å². The zero-order valence-corrected chi connectivity index (χ0v) is 17.6. The van der Waals surface area contributed by atoms with E-state index in [2.05, 4.69) is 24.3 Å². The summed E-state index contributed by atoms with van der Waals surface area (Å²) in [5, 5.41) is 7.57. The number of aryl methyl sites for hydroxylation is 2. The number of aromatic nitrogens is 2. The summed E-state index contributed by atoms with van der Waals surface area (Å²) in [7, 11) is 0. The van der Waals surface area contributed by atoms with Crippen molar-refractivity contribution in [2.24, 2.45) is 5.92 Å². The molecular weight excluding hydrogens is 378 g/mol. The molecule has 0 radical (unpaired) electrons. The van der Waals surface area contributed by atoms with Crippen LogP contribution in [0.5, 0.6) is 0 Å². The molecule has 0 aliphatic carbocycles. The van der Waals surface area contributed by atoms with E-state index < -0.39 is 18.0 Å². The summed E-state index contributed by atoms with van der Waals surface area (Å²) >= 11 is 6.35. The van der Waals surface area contributed by atoms with Gasteiger partial charge in [-0.05, 0) is 44.9 Å². The number of esters is 1. The molecule has 1 amide bonds. The molecule has 1 heterocycles. The summed E-state index contributed by atoms with van der Waals surface area (Å²) in [5.41, 5.74) is 3.12. The Labute approximate surface area is 170 Å². The molecule has 0 fully saturated rings. The molecule has 28 heavy (non-hydrogen) atoms. The van der Waals surface area contributed by atoms with Crippen LogP contribution in [0, 0.1) is 19.8 Å². The van der Waals surface area contributed by atoms with Gasteiger partial charge in [-0.15, -0.1) is 0 Å². The van der Waals surface area contributed by atoms with Crippen molar-refractivity contribution in [2.75, 3.05) is 5.32 Å². The first-order valence-corrected chi connectivity index (χ1v) is 9.54. The number of halogens is 1. The van der Waals surface area contributed by atoms with Crippen LogP contribution in [0.3, 0.4) is 0 Å². The van der Waals surface area contributed by atoms with Crippen molar-refractivity contribution < 1.29 is 14.3 Å². The minimum Gasteiger partial charge on any atom is -0.449 e. The molecule has 1 aromatic carbocycles. The second kappa shape index (κ2) is 9.55. The molecule has 0 spiro atoms. The number of amides is 1. The fourth-order valence-corrected chi connectivity index (χ4v) is 2.83. The SMILES string of the molecule is Cc1ccc(NC(=O)[C@@H](C)OC(=O)/C=C/c2c(C)nn(CC(C)C)c2Cl)cc1. The van der Waals surface area contributed by atoms with Crippen LogP contribution in [0.4, 0.5) is 5.69 Å². The van der Waals surface area contributed by atoms with Gasteiger partial charge in [0.2, 0.25) is 0 Å². The molecule has 0 aliphatic heterocycles. The fraction of sp³-hybridized carbons (Fsp3) is 0.381. The third-order valence-electron chi connectivity index (χ3n) is 4.01. The Balaban J connectivity index is 1.96. The Hall–Kier alpha value is -2.60. The highest BCUT2D eigenvalue weighted by Crippen LogP contribution is 2.22. The monoisotopic (exact) mass is 403 g/mol. The van der Waals surface area contributed by atoms with E-state index >= 15 is 0 Å². The molecule has 0 bridgehead atoms. The van der Waals surface area contributed by atoms with Gasteiger partial charge in [0, 0.05) is 23.9 Å². The van der Waals surface area contributed by atoms with E-state index in [0.717, 1.165) is 11.3 Å². The van der Waals surface area contributed by atoms with Gasteiger partial charge < -0.3 is 10.1 Å². The van der Waals surface area contributed by atoms with Crippen LogP contribution >= 0.6 is 11.6 Å². The van der Waals surface area contributed by atoms with E-state index in [0.29, 0.717) is 28.9 Å². The standard InChI is InChI=1S/C21H26ClN3O3/c1-13(2)12-25-20(22)18(15(4)24-25)10-11-19(26)28-16(5)21(27)23-17-8-6-14(3)7-9-17/h6-11,13,16H,12H2,1-5H3,(H,23,27)/b11-10+/t16-/m1/s1. The predicted octanol–water partition coefficient (Wildman–Crippen LogP) is 4.39. The van der Waals surface area contributed by atoms with E-state index in [4.69, 9.17) is 16.3 Å². The van der Waals surface area contributed by atoms with Gasteiger partial charge in [-0.2, -0.15) is 5.10 Å². The van der Waals surface area contributed by atoms with Crippen LogP contribution in [0.15, 0.2) is 30.3 Å². The number of benzene rings is 1. The second-order valence-electron chi connectivity index (χ2n) is 7.13. The molecular formula is C21H26ClN3O3. The van der Waals surface area contributed by atoms with Gasteiger partial charge in [-0.25, -0.2) is 4.79 Å². The first-order valence-electron chi connectivity index (χ1n) is 9.16. The summed E-state index contributed by atoms with van der Waals surface area (Å²) in [6, 6.07) is 7.36. The lowest BCUT2D eigenvalue weighted by atomic mass is 10.2. The summed E-state index contributed by atoms with van der Waals surface area (Å²) in [4.78, 5) is 24.3. The topological polar surface area (TPSA) is 73.2 Å². The lowest BCUT2D eigenvalue weighted by Gasteiger charge is -2.12. The zero-order valence-electron chi connectivity index (χ0n) is 16.8. The maximum absolute atomic E-state index is 12.2. The summed E-state index contributed by atoms with van der Waals surface area (Å²) in [6.45, 7) is 10.1. The van der Waals surface area contributed by atoms with Crippen molar-refractivity contribution in [3.8, 4) is 0 Å². The van der Waals surface area contributed by atoms with Gasteiger partial charge in [0.05, 0.1) is 5.69 Å². The van der Waals surface area contributed by atoms with Crippen LogP contribution in [0.2, 0.25) is 5.15 Å². The molecule has 1 aromatic heterocycles. The predicted molar refractivity (Wildman–Crippen MR) is 111 cm³/mol. The maximum atomic E-state index is 12.2. The van der Waals surface area contributed by atoms with Gasteiger partial charge >= 0.3 is 5.97 Å². The van der Waals surface area contributed by atoms with Crippen LogP contribution in [0.25, 0.3) is 6.08 Å².